The van der Waals surface area contributed by atoms with Gasteiger partial charge in [-0.05, 0) is 29.8 Å². The molecule has 3 aromatic rings. The smallest absolute Gasteiger partial charge is 0.408 e. The van der Waals surface area contributed by atoms with E-state index in [0.717, 1.165) is 16.0 Å². The van der Waals surface area contributed by atoms with Gasteiger partial charge < -0.3 is 4.42 Å². The average Bonchev–Trinajstić information content (AvgIpc) is 2.94. The van der Waals surface area contributed by atoms with Gasteiger partial charge in [0.15, 0.2) is 5.58 Å². The van der Waals surface area contributed by atoms with Crippen LogP contribution in [0.3, 0.4) is 0 Å². The first-order chi connectivity index (χ1) is 9.06. The minimum Gasteiger partial charge on any atom is -0.408 e. The molecule has 0 saturated carbocycles. The van der Waals surface area contributed by atoms with Crippen molar-refractivity contribution in [2.75, 3.05) is 0 Å². The van der Waals surface area contributed by atoms with Crippen molar-refractivity contribution in [1.29, 1.82) is 0 Å². The van der Waals surface area contributed by atoms with Crippen LogP contribution in [0.1, 0.15) is 15.8 Å². The summed E-state index contributed by atoms with van der Waals surface area (Å²) in [5.41, 5.74) is 2.17. The number of hydrogen-bond acceptors (Lipinski definition) is 3. The Kier molecular flexibility index (Phi) is 3.17. The molecule has 98 valence electrons. The quantitative estimate of drug-likeness (QED) is 0.665. The summed E-state index contributed by atoms with van der Waals surface area (Å²) in [6.07, 6.45) is 0. The topological polar surface area (TPSA) is 35.1 Å². The van der Waals surface area contributed by atoms with E-state index in [-0.39, 0.29) is 11.1 Å². The number of rotatable bonds is 2. The maximum Gasteiger partial charge on any atom is 0.419 e. The molecular formula is C13H9Cl2NO2S. The Morgan fingerprint density at radius 2 is 2.11 bits per heavy atom. The molecule has 0 radical (unpaired) electrons. The van der Waals surface area contributed by atoms with E-state index in [4.69, 9.17) is 27.6 Å². The summed E-state index contributed by atoms with van der Waals surface area (Å²) < 4.78 is 7.32. The van der Waals surface area contributed by atoms with Crippen LogP contribution in [0.25, 0.3) is 11.1 Å². The molecule has 6 heteroatoms. The molecule has 0 N–H and O–H groups in total. The molecule has 0 saturated heterocycles. The molecule has 2 aromatic heterocycles. The molecule has 3 nitrogen and oxygen atoms in total. The van der Waals surface area contributed by atoms with Crippen molar-refractivity contribution in [3.8, 4) is 0 Å². The van der Waals surface area contributed by atoms with Crippen LogP contribution in [-0.2, 0) is 7.05 Å². The van der Waals surface area contributed by atoms with E-state index in [1.54, 1.807) is 13.1 Å². The van der Waals surface area contributed by atoms with Crippen LogP contribution < -0.4 is 5.76 Å². The summed E-state index contributed by atoms with van der Waals surface area (Å²) in [4.78, 5) is 12.4. The van der Waals surface area contributed by atoms with Gasteiger partial charge in [0.2, 0.25) is 0 Å². The lowest BCUT2D eigenvalue weighted by atomic mass is 10.1. The molecule has 3 rings (SSSR count). The maximum atomic E-state index is 11.4. The van der Waals surface area contributed by atoms with Gasteiger partial charge in [-0.3, -0.25) is 4.57 Å². The number of oxazole rings is 1. The second-order valence-corrected chi connectivity index (χ2v) is 6.34. The van der Waals surface area contributed by atoms with E-state index in [2.05, 4.69) is 0 Å². The Labute approximate surface area is 123 Å². The monoisotopic (exact) mass is 313 g/mol. The van der Waals surface area contributed by atoms with Crippen molar-refractivity contribution in [2.24, 2.45) is 7.05 Å². The Morgan fingerprint density at radius 3 is 2.79 bits per heavy atom. The lowest BCUT2D eigenvalue weighted by Gasteiger charge is -2.07. The van der Waals surface area contributed by atoms with Crippen molar-refractivity contribution < 1.29 is 4.42 Å². The molecular weight excluding hydrogens is 305 g/mol. The number of alkyl halides is 1. The normalized spacial score (nSPS) is 13.0. The number of halogens is 2. The van der Waals surface area contributed by atoms with Gasteiger partial charge in [0.1, 0.15) is 0 Å². The number of thiophene rings is 1. The number of benzene rings is 1. The molecule has 0 aliphatic heterocycles. The molecule has 2 heterocycles. The van der Waals surface area contributed by atoms with Crippen LogP contribution in [0.2, 0.25) is 4.34 Å². The van der Waals surface area contributed by atoms with Gasteiger partial charge in [0.25, 0.3) is 0 Å². The maximum absolute atomic E-state index is 11.4. The lowest BCUT2D eigenvalue weighted by Crippen LogP contribution is -2.08. The van der Waals surface area contributed by atoms with Gasteiger partial charge >= 0.3 is 5.76 Å². The average molecular weight is 314 g/mol. The summed E-state index contributed by atoms with van der Waals surface area (Å²) in [6.45, 7) is 0. The number of aryl methyl sites for hydroxylation is 1. The first kappa shape index (κ1) is 12.8. The predicted molar refractivity (Wildman–Crippen MR) is 78.5 cm³/mol. The van der Waals surface area contributed by atoms with E-state index in [9.17, 15) is 4.79 Å². The fourth-order valence-electron chi connectivity index (χ4n) is 1.94. The van der Waals surface area contributed by atoms with Gasteiger partial charge in [0, 0.05) is 11.9 Å². The molecule has 0 spiro atoms. The predicted octanol–water partition coefficient (Wildman–Crippen LogP) is 4.17. The molecule has 1 atom stereocenters. The first-order valence-electron chi connectivity index (χ1n) is 5.55. The molecule has 19 heavy (non-hydrogen) atoms. The molecule has 0 fully saturated rings. The number of hydrogen-bond donors (Lipinski definition) is 0. The third kappa shape index (κ3) is 2.20. The van der Waals surface area contributed by atoms with E-state index < -0.39 is 0 Å². The number of nitrogens with zero attached hydrogens (tertiary/aromatic N) is 1. The molecule has 0 aliphatic carbocycles. The Balaban J connectivity index is 2.08. The van der Waals surface area contributed by atoms with Crippen LogP contribution in [0, 0.1) is 0 Å². The highest BCUT2D eigenvalue weighted by Crippen LogP contribution is 2.36. The number of fused-ring (bicyclic) bond motifs is 1. The molecule has 0 bridgehead atoms. The van der Waals surface area contributed by atoms with Crippen molar-refractivity contribution in [1.82, 2.24) is 4.57 Å². The van der Waals surface area contributed by atoms with Crippen molar-refractivity contribution in [3.05, 3.63) is 55.7 Å². The summed E-state index contributed by atoms with van der Waals surface area (Å²) >= 11 is 13.8. The van der Waals surface area contributed by atoms with Gasteiger partial charge in [-0.25, -0.2) is 4.79 Å². The Morgan fingerprint density at radius 1 is 1.32 bits per heavy atom. The van der Waals surface area contributed by atoms with E-state index in [1.165, 1.54) is 15.9 Å². The highest BCUT2D eigenvalue weighted by molar-refractivity contribution is 7.16. The Bertz CT molecular complexity index is 802. The molecule has 0 amide bonds. The molecule has 1 unspecified atom stereocenters. The minimum atomic E-state index is -0.377. The van der Waals surface area contributed by atoms with Gasteiger partial charge in [0.05, 0.1) is 15.2 Å². The van der Waals surface area contributed by atoms with Crippen LogP contribution >= 0.6 is 34.5 Å². The molecule has 1 aromatic carbocycles. The summed E-state index contributed by atoms with van der Waals surface area (Å²) in [6, 6.07) is 9.24. The van der Waals surface area contributed by atoms with Gasteiger partial charge in [-0.15, -0.1) is 22.9 Å². The van der Waals surface area contributed by atoms with E-state index in [1.807, 2.05) is 24.3 Å². The van der Waals surface area contributed by atoms with Crippen molar-refractivity contribution in [2.45, 2.75) is 5.38 Å². The third-order valence-corrected chi connectivity index (χ3v) is 4.87. The highest BCUT2D eigenvalue weighted by atomic mass is 35.5. The lowest BCUT2D eigenvalue weighted by molar-refractivity contribution is 0.528. The Hall–Kier alpha value is -1.23. The van der Waals surface area contributed by atoms with Crippen molar-refractivity contribution >= 4 is 45.6 Å². The standard InChI is InChI=1S/C13H9Cl2NO2S/c1-16-8-3-2-7(6-9(8)18-13(16)17)12(15)10-4-5-11(14)19-10/h2-6,12H,1H3. The summed E-state index contributed by atoms with van der Waals surface area (Å²) in [5, 5.41) is -0.299. The number of aromatic nitrogens is 1. The second-order valence-electron chi connectivity index (χ2n) is 4.16. The largest absolute Gasteiger partial charge is 0.419 e. The second kappa shape index (κ2) is 4.71. The minimum absolute atomic E-state index is 0.299. The summed E-state index contributed by atoms with van der Waals surface area (Å²) in [5.74, 6) is -0.377. The zero-order valence-electron chi connectivity index (χ0n) is 9.89. The zero-order valence-corrected chi connectivity index (χ0v) is 12.2. The SMILES string of the molecule is Cn1c(=O)oc2cc(C(Cl)c3ccc(Cl)s3)ccc21. The highest BCUT2D eigenvalue weighted by Gasteiger charge is 2.15. The van der Waals surface area contributed by atoms with Gasteiger partial charge in [-0.1, -0.05) is 17.7 Å². The van der Waals surface area contributed by atoms with Crippen LogP contribution in [0.4, 0.5) is 0 Å². The zero-order chi connectivity index (χ0) is 13.6. The van der Waals surface area contributed by atoms with E-state index >= 15 is 0 Å². The molecule has 0 aliphatic rings. The van der Waals surface area contributed by atoms with Crippen molar-refractivity contribution in [3.63, 3.8) is 0 Å². The third-order valence-electron chi connectivity index (χ3n) is 2.95. The van der Waals surface area contributed by atoms with Crippen LogP contribution in [0.5, 0.6) is 0 Å². The fraction of sp³-hybridized carbons (Fsp3) is 0.154. The van der Waals surface area contributed by atoms with Gasteiger partial charge in [-0.2, -0.15) is 0 Å². The fourth-order valence-corrected chi connectivity index (χ4v) is 3.35. The van der Waals surface area contributed by atoms with E-state index in [0.29, 0.717) is 9.92 Å². The van der Waals surface area contributed by atoms with Crippen LogP contribution in [-0.4, -0.2) is 4.57 Å². The first-order valence-corrected chi connectivity index (χ1v) is 7.18. The van der Waals surface area contributed by atoms with Crippen LogP contribution in [0.15, 0.2) is 39.5 Å². The summed E-state index contributed by atoms with van der Waals surface area (Å²) in [7, 11) is 1.67.